The van der Waals surface area contributed by atoms with E-state index >= 15 is 0 Å². The second-order valence-corrected chi connectivity index (χ2v) is 11.5. The van der Waals surface area contributed by atoms with Crippen molar-refractivity contribution in [2.24, 2.45) is 0 Å². The average molecular weight is 469 g/mol. The lowest BCUT2D eigenvalue weighted by atomic mass is 9.97. The highest BCUT2D eigenvalue weighted by atomic mass is 32.2. The molecule has 1 unspecified atom stereocenters. The van der Waals surface area contributed by atoms with Crippen molar-refractivity contribution in [1.29, 1.82) is 0 Å². The van der Waals surface area contributed by atoms with Gasteiger partial charge >= 0.3 is 0 Å². The number of carbonyl (C=O) groups excluding carboxylic acids is 1. The van der Waals surface area contributed by atoms with Gasteiger partial charge in [-0.1, -0.05) is 66.6 Å². The monoisotopic (exact) mass is 468 g/mol. The highest BCUT2D eigenvalue weighted by Gasteiger charge is 2.27. The van der Waals surface area contributed by atoms with Crippen LogP contribution >= 0.6 is 11.3 Å². The predicted molar refractivity (Wildman–Crippen MR) is 128 cm³/mol. The van der Waals surface area contributed by atoms with Gasteiger partial charge in [-0.15, -0.1) is 11.3 Å². The molecule has 2 heterocycles. The van der Waals surface area contributed by atoms with Gasteiger partial charge in [0, 0.05) is 18.0 Å². The third kappa shape index (κ3) is 5.28. The van der Waals surface area contributed by atoms with E-state index in [1.807, 2.05) is 61.5 Å². The number of nitrogens with one attached hydrogen (secondary N) is 1. The summed E-state index contributed by atoms with van der Waals surface area (Å²) in [7, 11) is -3.47. The first-order valence-electron chi connectivity index (χ1n) is 10.9. The van der Waals surface area contributed by atoms with Crippen molar-refractivity contribution in [3.05, 3.63) is 88.3 Å². The van der Waals surface area contributed by atoms with Crippen molar-refractivity contribution in [2.75, 3.05) is 13.1 Å². The summed E-state index contributed by atoms with van der Waals surface area (Å²) in [5.74, 6) is -0.136. The van der Waals surface area contributed by atoms with E-state index in [-0.39, 0.29) is 18.4 Å². The van der Waals surface area contributed by atoms with Gasteiger partial charge in [0.25, 0.3) is 10.0 Å². The zero-order valence-corrected chi connectivity index (χ0v) is 19.8. The van der Waals surface area contributed by atoms with Crippen LogP contribution in [0.3, 0.4) is 0 Å². The molecule has 1 N–H and O–H groups in total. The van der Waals surface area contributed by atoms with Gasteiger partial charge in [-0.2, -0.15) is 4.31 Å². The van der Waals surface area contributed by atoms with Crippen molar-refractivity contribution in [2.45, 2.75) is 42.9 Å². The highest BCUT2D eigenvalue weighted by Crippen LogP contribution is 2.28. The van der Waals surface area contributed by atoms with Gasteiger partial charge in [0.05, 0.1) is 12.5 Å². The van der Waals surface area contributed by atoms with Gasteiger partial charge in [0.2, 0.25) is 5.91 Å². The molecule has 1 aliphatic rings. The van der Waals surface area contributed by atoms with Crippen LogP contribution in [-0.4, -0.2) is 31.7 Å². The summed E-state index contributed by atoms with van der Waals surface area (Å²) < 4.78 is 27.7. The number of piperidine rings is 1. The first kappa shape index (κ1) is 22.7. The zero-order chi connectivity index (χ0) is 22.6. The van der Waals surface area contributed by atoms with Crippen molar-refractivity contribution in [3.8, 4) is 0 Å². The Morgan fingerprint density at radius 1 is 0.938 bits per heavy atom. The molecule has 4 rings (SSSR count). The van der Waals surface area contributed by atoms with Crippen LogP contribution in [0.1, 0.15) is 46.9 Å². The van der Waals surface area contributed by atoms with Crippen LogP contribution in [0, 0.1) is 6.92 Å². The Balaban J connectivity index is 1.49. The number of thiophene rings is 1. The second kappa shape index (κ2) is 9.98. The molecule has 1 atom stereocenters. The lowest BCUT2D eigenvalue weighted by Gasteiger charge is -2.25. The van der Waals surface area contributed by atoms with Crippen LogP contribution in [0.4, 0.5) is 0 Å². The number of sulfonamides is 1. The second-order valence-electron chi connectivity index (χ2n) is 8.18. The van der Waals surface area contributed by atoms with Gasteiger partial charge in [0.1, 0.15) is 4.21 Å². The number of benzene rings is 2. The van der Waals surface area contributed by atoms with Crippen LogP contribution in [0.5, 0.6) is 0 Å². The van der Waals surface area contributed by atoms with E-state index in [2.05, 4.69) is 5.32 Å². The van der Waals surface area contributed by atoms with E-state index in [0.717, 1.165) is 40.8 Å². The molecule has 0 saturated carbocycles. The largest absolute Gasteiger partial charge is 0.345 e. The quantitative estimate of drug-likeness (QED) is 0.548. The van der Waals surface area contributed by atoms with Crippen molar-refractivity contribution in [1.82, 2.24) is 9.62 Å². The molecule has 1 fully saturated rings. The molecule has 0 spiro atoms. The summed E-state index contributed by atoms with van der Waals surface area (Å²) in [6.45, 7) is 3.18. The third-order valence-corrected chi connectivity index (χ3v) is 9.18. The van der Waals surface area contributed by atoms with E-state index in [1.54, 1.807) is 16.4 Å². The molecule has 3 aromatic rings. The first-order chi connectivity index (χ1) is 15.4. The van der Waals surface area contributed by atoms with E-state index in [1.165, 1.54) is 11.3 Å². The maximum atomic E-state index is 12.9. The fraction of sp³-hybridized carbons (Fsp3) is 0.320. The predicted octanol–water partition coefficient (Wildman–Crippen LogP) is 4.68. The maximum Gasteiger partial charge on any atom is 0.252 e. The van der Waals surface area contributed by atoms with Gasteiger partial charge in [-0.3, -0.25) is 4.79 Å². The number of rotatable bonds is 7. The number of nitrogens with zero attached hydrogens (tertiary/aromatic N) is 1. The Kier molecular flexibility index (Phi) is 7.08. The number of hydrogen-bond acceptors (Lipinski definition) is 4. The first-order valence-corrected chi connectivity index (χ1v) is 13.2. The molecular weight excluding hydrogens is 440 g/mol. The Labute approximate surface area is 194 Å². The van der Waals surface area contributed by atoms with Crippen LogP contribution in [0.2, 0.25) is 0 Å². The molecule has 0 radical (unpaired) electrons. The maximum absolute atomic E-state index is 12.9. The highest BCUT2D eigenvalue weighted by molar-refractivity contribution is 7.91. The van der Waals surface area contributed by atoms with Crippen molar-refractivity contribution >= 4 is 27.3 Å². The van der Waals surface area contributed by atoms with E-state index in [9.17, 15) is 13.2 Å². The molecule has 2 aromatic carbocycles. The molecule has 168 valence electrons. The number of hydrogen-bond donors (Lipinski definition) is 1. The summed E-state index contributed by atoms with van der Waals surface area (Å²) in [4.78, 5) is 13.7. The third-order valence-electron chi connectivity index (χ3n) is 5.73. The molecule has 7 heteroatoms. The SMILES string of the molecule is Cc1ccc(C(NC(=O)Cc2ccc(S(=O)(=O)N3CCCCC3)s2)c2ccccc2)cc1. The molecule has 0 bridgehead atoms. The summed E-state index contributed by atoms with van der Waals surface area (Å²) in [5.41, 5.74) is 3.17. The van der Waals surface area contributed by atoms with Crippen LogP contribution in [-0.2, 0) is 21.2 Å². The summed E-state index contributed by atoms with van der Waals surface area (Å²) in [6.07, 6.45) is 3.03. The minimum atomic E-state index is -3.47. The molecule has 1 aromatic heterocycles. The molecular formula is C25H28N2O3S2. The fourth-order valence-corrected chi connectivity index (χ4v) is 6.98. The van der Waals surface area contributed by atoms with E-state index < -0.39 is 10.0 Å². The molecule has 0 aliphatic carbocycles. The Morgan fingerprint density at radius 3 is 2.28 bits per heavy atom. The fourth-order valence-electron chi connectivity index (χ4n) is 3.96. The van der Waals surface area contributed by atoms with Crippen LogP contribution in [0.15, 0.2) is 70.9 Å². The van der Waals surface area contributed by atoms with Crippen molar-refractivity contribution in [3.63, 3.8) is 0 Å². The summed E-state index contributed by atoms with van der Waals surface area (Å²) in [5, 5.41) is 3.14. The molecule has 1 aliphatic heterocycles. The van der Waals surface area contributed by atoms with Crippen LogP contribution < -0.4 is 5.32 Å². The minimum Gasteiger partial charge on any atom is -0.345 e. The van der Waals surface area contributed by atoms with Crippen LogP contribution in [0.25, 0.3) is 0 Å². The Bertz CT molecular complexity index is 1150. The molecule has 5 nitrogen and oxygen atoms in total. The van der Waals surface area contributed by atoms with Gasteiger partial charge < -0.3 is 5.32 Å². The topological polar surface area (TPSA) is 66.5 Å². The number of carbonyl (C=O) groups is 1. The Hall–Kier alpha value is -2.48. The molecule has 1 amide bonds. The Morgan fingerprint density at radius 2 is 1.59 bits per heavy atom. The van der Waals surface area contributed by atoms with E-state index in [0.29, 0.717) is 17.3 Å². The minimum absolute atomic E-state index is 0.136. The van der Waals surface area contributed by atoms with Gasteiger partial charge in [-0.05, 0) is 43.0 Å². The van der Waals surface area contributed by atoms with Crippen molar-refractivity contribution < 1.29 is 13.2 Å². The van der Waals surface area contributed by atoms with E-state index in [4.69, 9.17) is 0 Å². The lowest BCUT2D eigenvalue weighted by Crippen LogP contribution is -2.35. The zero-order valence-electron chi connectivity index (χ0n) is 18.2. The average Bonchev–Trinajstić information content (AvgIpc) is 3.29. The smallest absolute Gasteiger partial charge is 0.252 e. The number of amides is 1. The van der Waals surface area contributed by atoms with Gasteiger partial charge in [-0.25, -0.2) is 8.42 Å². The normalized spacial score (nSPS) is 15.9. The standard InChI is InChI=1S/C25H28N2O3S2/c1-19-10-12-21(13-11-19)25(20-8-4-2-5-9-20)26-23(28)18-22-14-15-24(31-22)32(29,30)27-16-6-3-7-17-27/h2,4-5,8-15,25H,3,6-7,16-18H2,1H3,(H,26,28). The molecule has 32 heavy (non-hydrogen) atoms. The number of aryl methyl sites for hydroxylation is 1. The molecule has 1 saturated heterocycles. The summed E-state index contributed by atoms with van der Waals surface area (Å²) in [6, 6.07) is 21.1. The summed E-state index contributed by atoms with van der Waals surface area (Å²) >= 11 is 1.19. The van der Waals surface area contributed by atoms with Gasteiger partial charge in [0.15, 0.2) is 0 Å². The lowest BCUT2D eigenvalue weighted by molar-refractivity contribution is -0.120.